The topological polar surface area (TPSA) is 59.5 Å². The van der Waals surface area contributed by atoms with E-state index < -0.39 is 0 Å². The van der Waals surface area contributed by atoms with Gasteiger partial charge in [0, 0.05) is 25.2 Å². The summed E-state index contributed by atoms with van der Waals surface area (Å²) in [5, 5.41) is 3.97. The summed E-state index contributed by atoms with van der Waals surface area (Å²) in [4.78, 5) is 10.6. The number of benzene rings is 1. The summed E-state index contributed by atoms with van der Waals surface area (Å²) in [5.74, 6) is 2.37. The van der Waals surface area contributed by atoms with Crippen LogP contribution in [0.3, 0.4) is 0 Å². The summed E-state index contributed by atoms with van der Waals surface area (Å²) in [6.07, 6.45) is 3.44. The molecular weight excluding hydrogens is 340 g/mol. The fraction of sp³-hybridized carbons (Fsp3) is 0.444. The number of hydrogen-bond donors (Lipinski definition) is 1. The lowest BCUT2D eigenvalue weighted by molar-refractivity contribution is 0.387. The lowest BCUT2D eigenvalue weighted by atomic mass is 9.94. The SMILES string of the molecule is CCC[C@@H]1Nc2c(Cl)ncnc2N(C)Cc2cc(OC)cc(OC)c21. The normalized spacial score (nSPS) is 16.2. The molecule has 7 heteroatoms. The highest BCUT2D eigenvalue weighted by Gasteiger charge is 2.27. The van der Waals surface area contributed by atoms with Crippen LogP contribution in [0.2, 0.25) is 5.15 Å². The van der Waals surface area contributed by atoms with Gasteiger partial charge in [-0.25, -0.2) is 9.97 Å². The highest BCUT2D eigenvalue weighted by molar-refractivity contribution is 6.32. The maximum absolute atomic E-state index is 6.36. The van der Waals surface area contributed by atoms with Crippen LogP contribution < -0.4 is 19.7 Å². The van der Waals surface area contributed by atoms with Crippen molar-refractivity contribution in [3.63, 3.8) is 0 Å². The molecule has 3 rings (SSSR count). The smallest absolute Gasteiger partial charge is 0.157 e. The maximum Gasteiger partial charge on any atom is 0.157 e. The van der Waals surface area contributed by atoms with Crippen LogP contribution in [0.1, 0.15) is 36.9 Å². The number of methoxy groups -OCH3 is 2. The second-order valence-electron chi connectivity index (χ2n) is 6.11. The van der Waals surface area contributed by atoms with Crippen molar-refractivity contribution in [1.29, 1.82) is 0 Å². The molecule has 2 heterocycles. The monoisotopic (exact) mass is 362 g/mol. The average molecular weight is 363 g/mol. The van der Waals surface area contributed by atoms with Crippen molar-refractivity contribution < 1.29 is 9.47 Å². The Balaban J connectivity index is 2.19. The molecule has 1 aromatic heterocycles. The summed E-state index contributed by atoms with van der Waals surface area (Å²) in [6.45, 7) is 2.83. The third kappa shape index (κ3) is 3.31. The van der Waals surface area contributed by atoms with Gasteiger partial charge in [0.05, 0.1) is 20.3 Å². The third-order valence-corrected chi connectivity index (χ3v) is 4.74. The number of nitrogens with zero attached hydrogens (tertiary/aromatic N) is 3. The molecule has 0 amide bonds. The van der Waals surface area contributed by atoms with E-state index in [-0.39, 0.29) is 6.04 Å². The standard InChI is InChI=1S/C18H23ClN4O2/c1-5-6-13-15-11(7-12(24-3)8-14(15)25-4)9-23(2)18-16(22-13)17(19)20-10-21-18/h7-8,10,13,22H,5-6,9H2,1-4H3/t13-/m0/s1. The quantitative estimate of drug-likeness (QED) is 0.828. The van der Waals surface area contributed by atoms with Crippen LogP contribution in [0.4, 0.5) is 11.5 Å². The molecule has 2 aromatic rings. The minimum absolute atomic E-state index is 0.0526. The second-order valence-corrected chi connectivity index (χ2v) is 6.47. The zero-order valence-electron chi connectivity index (χ0n) is 15.0. The minimum atomic E-state index is 0.0526. The van der Waals surface area contributed by atoms with Gasteiger partial charge in [-0.2, -0.15) is 0 Å². The van der Waals surface area contributed by atoms with Crippen LogP contribution in [-0.2, 0) is 6.54 Å². The van der Waals surface area contributed by atoms with E-state index >= 15 is 0 Å². The highest BCUT2D eigenvalue weighted by atomic mass is 35.5. The van der Waals surface area contributed by atoms with E-state index in [4.69, 9.17) is 21.1 Å². The zero-order valence-corrected chi connectivity index (χ0v) is 15.7. The number of hydrogen-bond acceptors (Lipinski definition) is 6. The van der Waals surface area contributed by atoms with Gasteiger partial charge in [0.15, 0.2) is 11.0 Å². The van der Waals surface area contributed by atoms with Crippen LogP contribution in [0.5, 0.6) is 11.5 Å². The van der Waals surface area contributed by atoms with Crippen LogP contribution in [-0.4, -0.2) is 31.2 Å². The van der Waals surface area contributed by atoms with E-state index in [2.05, 4.69) is 33.2 Å². The van der Waals surface area contributed by atoms with E-state index in [1.807, 2.05) is 13.1 Å². The first-order valence-electron chi connectivity index (χ1n) is 8.32. The lowest BCUT2D eigenvalue weighted by Crippen LogP contribution is -2.26. The molecule has 0 bridgehead atoms. The first-order chi connectivity index (χ1) is 12.1. The highest BCUT2D eigenvalue weighted by Crippen LogP contribution is 2.42. The number of anilines is 2. The Morgan fingerprint density at radius 2 is 2.08 bits per heavy atom. The molecular formula is C18H23ClN4O2. The Morgan fingerprint density at radius 1 is 1.28 bits per heavy atom. The molecule has 0 aliphatic carbocycles. The van der Waals surface area contributed by atoms with Gasteiger partial charge in [-0.1, -0.05) is 24.9 Å². The van der Waals surface area contributed by atoms with Crippen molar-refractivity contribution >= 4 is 23.1 Å². The molecule has 1 N–H and O–H groups in total. The van der Waals surface area contributed by atoms with Crippen molar-refractivity contribution in [3.05, 3.63) is 34.7 Å². The summed E-state index contributed by atoms with van der Waals surface area (Å²) in [7, 11) is 5.34. The van der Waals surface area contributed by atoms with Gasteiger partial charge in [0.25, 0.3) is 0 Å². The molecule has 25 heavy (non-hydrogen) atoms. The van der Waals surface area contributed by atoms with Gasteiger partial charge in [-0.05, 0) is 18.1 Å². The Labute approximate surface area is 153 Å². The molecule has 1 aliphatic heterocycles. The molecule has 0 radical (unpaired) electrons. The number of halogens is 1. The van der Waals surface area contributed by atoms with Crippen molar-refractivity contribution in [2.24, 2.45) is 0 Å². The molecule has 0 spiro atoms. The van der Waals surface area contributed by atoms with Gasteiger partial charge in [-0.3, -0.25) is 0 Å². The molecule has 1 atom stereocenters. The van der Waals surface area contributed by atoms with Gasteiger partial charge in [0.1, 0.15) is 23.5 Å². The summed E-state index contributed by atoms with van der Waals surface area (Å²) in [5.41, 5.74) is 3.03. The second kappa shape index (κ2) is 7.35. The van der Waals surface area contributed by atoms with E-state index in [0.29, 0.717) is 11.7 Å². The molecule has 0 unspecified atom stereocenters. The van der Waals surface area contributed by atoms with Gasteiger partial charge >= 0.3 is 0 Å². The van der Waals surface area contributed by atoms with Crippen LogP contribution >= 0.6 is 11.6 Å². The molecule has 6 nitrogen and oxygen atoms in total. The molecule has 0 saturated heterocycles. The zero-order chi connectivity index (χ0) is 18.0. The number of aromatic nitrogens is 2. The van der Waals surface area contributed by atoms with Crippen molar-refractivity contribution in [3.8, 4) is 11.5 Å². The predicted molar refractivity (Wildman–Crippen MR) is 100.0 cm³/mol. The predicted octanol–water partition coefficient (Wildman–Crippen LogP) is 4.05. The Morgan fingerprint density at radius 3 is 2.76 bits per heavy atom. The molecule has 134 valence electrons. The van der Waals surface area contributed by atoms with Crippen LogP contribution in [0.15, 0.2) is 18.5 Å². The Hall–Kier alpha value is -2.21. The Kier molecular flexibility index (Phi) is 5.18. The van der Waals surface area contributed by atoms with E-state index in [1.54, 1.807) is 14.2 Å². The fourth-order valence-corrected chi connectivity index (χ4v) is 3.50. The summed E-state index contributed by atoms with van der Waals surface area (Å²) >= 11 is 6.36. The van der Waals surface area contributed by atoms with Gasteiger partial charge in [-0.15, -0.1) is 0 Å². The first-order valence-corrected chi connectivity index (χ1v) is 8.69. The minimum Gasteiger partial charge on any atom is -0.497 e. The van der Waals surface area contributed by atoms with Crippen molar-refractivity contribution in [2.75, 3.05) is 31.5 Å². The van der Waals surface area contributed by atoms with Gasteiger partial charge < -0.3 is 19.7 Å². The largest absolute Gasteiger partial charge is 0.497 e. The van der Waals surface area contributed by atoms with Crippen molar-refractivity contribution in [2.45, 2.75) is 32.4 Å². The van der Waals surface area contributed by atoms with Crippen molar-refractivity contribution in [1.82, 2.24) is 9.97 Å². The lowest BCUT2D eigenvalue weighted by Gasteiger charge is -2.32. The molecule has 1 aromatic carbocycles. The number of rotatable bonds is 4. The van der Waals surface area contributed by atoms with Crippen LogP contribution in [0.25, 0.3) is 0 Å². The first kappa shape index (κ1) is 17.6. The average Bonchev–Trinajstić information content (AvgIpc) is 2.60. The number of nitrogens with one attached hydrogen (secondary N) is 1. The Bertz CT molecular complexity index is 769. The third-order valence-electron chi connectivity index (χ3n) is 4.45. The summed E-state index contributed by atoms with van der Waals surface area (Å²) < 4.78 is 11.1. The molecule has 0 fully saturated rings. The van der Waals surface area contributed by atoms with E-state index in [0.717, 1.165) is 47.0 Å². The molecule has 0 saturated carbocycles. The van der Waals surface area contributed by atoms with Gasteiger partial charge in [0.2, 0.25) is 0 Å². The maximum atomic E-state index is 6.36. The van der Waals surface area contributed by atoms with E-state index in [9.17, 15) is 0 Å². The van der Waals surface area contributed by atoms with E-state index in [1.165, 1.54) is 6.33 Å². The summed E-state index contributed by atoms with van der Waals surface area (Å²) in [6, 6.07) is 4.04. The fourth-order valence-electron chi connectivity index (χ4n) is 3.32. The van der Waals surface area contributed by atoms with Crippen LogP contribution in [0, 0.1) is 0 Å². The molecule has 1 aliphatic rings. The number of fused-ring (bicyclic) bond motifs is 2. The number of ether oxygens (including phenoxy) is 2.